The van der Waals surface area contributed by atoms with Crippen molar-refractivity contribution in [3.8, 4) is 17.0 Å². The van der Waals surface area contributed by atoms with Crippen molar-refractivity contribution >= 4 is 11.6 Å². The number of aromatic hydroxyl groups is 1. The molecule has 6 nitrogen and oxygen atoms in total. The van der Waals surface area contributed by atoms with Crippen LogP contribution >= 0.6 is 0 Å². The van der Waals surface area contributed by atoms with E-state index in [1.807, 2.05) is 30.3 Å². The number of nitrogens with zero attached hydrogens (tertiary/aromatic N) is 3. The Morgan fingerprint density at radius 1 is 1.32 bits per heavy atom. The summed E-state index contributed by atoms with van der Waals surface area (Å²) in [6, 6.07) is 9.69. The molecule has 0 fully saturated rings. The van der Waals surface area contributed by atoms with Gasteiger partial charge in [0.15, 0.2) is 5.65 Å². The largest absolute Gasteiger partial charge is 0.493 e. The lowest BCUT2D eigenvalue weighted by molar-refractivity contribution is -0.139. The molecular formula is C16H15N3O3. The Hall–Kier alpha value is -2.89. The minimum Gasteiger partial charge on any atom is -0.493 e. The number of carbonyl (C=O) groups excluding carboxylic acids is 1. The van der Waals surface area contributed by atoms with Crippen molar-refractivity contribution < 1.29 is 14.6 Å². The molecule has 2 aromatic heterocycles. The monoisotopic (exact) mass is 297 g/mol. The molecule has 6 heteroatoms. The number of aryl methyl sites for hydroxylation is 1. The van der Waals surface area contributed by atoms with Crippen LogP contribution in [-0.2, 0) is 16.0 Å². The van der Waals surface area contributed by atoms with Gasteiger partial charge in [0.1, 0.15) is 0 Å². The van der Waals surface area contributed by atoms with E-state index < -0.39 is 5.97 Å². The van der Waals surface area contributed by atoms with Crippen LogP contribution < -0.4 is 0 Å². The maximum atomic E-state index is 11.5. The summed E-state index contributed by atoms with van der Waals surface area (Å²) >= 11 is 0. The van der Waals surface area contributed by atoms with Crippen molar-refractivity contribution in [1.29, 1.82) is 0 Å². The molecule has 1 N–H and O–H groups in total. The smallest absolute Gasteiger partial charge is 0.310 e. The maximum Gasteiger partial charge on any atom is 0.310 e. The van der Waals surface area contributed by atoms with Crippen molar-refractivity contribution in [2.24, 2.45) is 0 Å². The molecule has 0 saturated carbocycles. The van der Waals surface area contributed by atoms with Gasteiger partial charge in [0.2, 0.25) is 5.88 Å². The Balaban J connectivity index is 2.17. The van der Waals surface area contributed by atoms with Crippen LogP contribution in [0.25, 0.3) is 16.8 Å². The van der Waals surface area contributed by atoms with E-state index in [1.54, 1.807) is 13.1 Å². The Labute approximate surface area is 127 Å². The van der Waals surface area contributed by atoms with Gasteiger partial charge in [-0.25, -0.2) is 4.98 Å². The van der Waals surface area contributed by atoms with E-state index in [2.05, 4.69) is 14.8 Å². The molecule has 0 radical (unpaired) electrons. The van der Waals surface area contributed by atoms with Crippen LogP contribution in [0.4, 0.5) is 0 Å². The van der Waals surface area contributed by atoms with Gasteiger partial charge in [-0.3, -0.25) is 4.79 Å². The third-order valence-corrected chi connectivity index (χ3v) is 3.56. The van der Waals surface area contributed by atoms with Crippen LogP contribution in [0.3, 0.4) is 0 Å². The zero-order valence-corrected chi connectivity index (χ0v) is 12.3. The van der Waals surface area contributed by atoms with Crippen LogP contribution in [0, 0.1) is 6.92 Å². The zero-order valence-electron chi connectivity index (χ0n) is 12.3. The SMILES string of the molecule is COC(=O)Cc1c(C)nc2c(-c3ccccc3)cnn2c1O. The molecule has 22 heavy (non-hydrogen) atoms. The summed E-state index contributed by atoms with van der Waals surface area (Å²) in [7, 11) is 1.31. The van der Waals surface area contributed by atoms with E-state index in [0.29, 0.717) is 16.9 Å². The summed E-state index contributed by atoms with van der Waals surface area (Å²) in [5, 5.41) is 14.6. The highest BCUT2D eigenvalue weighted by atomic mass is 16.5. The minimum absolute atomic E-state index is 0.0440. The second kappa shape index (κ2) is 5.48. The number of methoxy groups -OCH3 is 1. The van der Waals surface area contributed by atoms with E-state index in [0.717, 1.165) is 11.1 Å². The Morgan fingerprint density at radius 2 is 2.05 bits per heavy atom. The van der Waals surface area contributed by atoms with Crippen LogP contribution in [0.15, 0.2) is 36.5 Å². The summed E-state index contributed by atoms with van der Waals surface area (Å²) in [4.78, 5) is 16.0. The Kier molecular flexibility index (Phi) is 3.50. The van der Waals surface area contributed by atoms with Gasteiger partial charge in [-0.05, 0) is 12.5 Å². The summed E-state index contributed by atoms with van der Waals surface area (Å²) in [5.74, 6) is -0.523. The van der Waals surface area contributed by atoms with Crippen molar-refractivity contribution in [2.75, 3.05) is 7.11 Å². The number of carbonyl (C=O) groups is 1. The zero-order chi connectivity index (χ0) is 15.7. The van der Waals surface area contributed by atoms with Crippen molar-refractivity contribution in [3.63, 3.8) is 0 Å². The molecule has 0 amide bonds. The molecule has 112 valence electrons. The summed E-state index contributed by atoms with van der Waals surface area (Å²) in [5.41, 5.74) is 3.33. The first kappa shape index (κ1) is 14.1. The highest BCUT2D eigenvalue weighted by molar-refractivity contribution is 5.79. The molecule has 0 aliphatic carbocycles. The number of hydrogen-bond donors (Lipinski definition) is 1. The number of aromatic nitrogens is 3. The molecule has 2 heterocycles. The van der Waals surface area contributed by atoms with Crippen molar-refractivity contribution in [1.82, 2.24) is 14.6 Å². The fraction of sp³-hybridized carbons (Fsp3) is 0.188. The van der Waals surface area contributed by atoms with Crippen LogP contribution in [-0.4, -0.2) is 32.8 Å². The summed E-state index contributed by atoms with van der Waals surface area (Å²) in [6.45, 7) is 1.75. The molecule has 0 unspecified atom stereocenters. The molecule has 0 spiro atoms. The number of esters is 1. The molecule has 0 aliphatic rings. The number of ether oxygens (including phenoxy) is 1. The second-order valence-electron chi connectivity index (χ2n) is 4.91. The molecule has 0 atom stereocenters. The molecule has 3 aromatic rings. The van der Waals surface area contributed by atoms with Gasteiger partial charge in [0, 0.05) is 16.8 Å². The standard InChI is InChI=1S/C16H15N3O3/c1-10-12(8-14(20)22-2)16(21)19-15(18-10)13(9-17-19)11-6-4-3-5-7-11/h3-7,9,21H,8H2,1-2H3. The fourth-order valence-electron chi connectivity index (χ4n) is 2.37. The van der Waals surface area contributed by atoms with E-state index in [1.165, 1.54) is 11.6 Å². The maximum absolute atomic E-state index is 11.5. The number of benzene rings is 1. The average molecular weight is 297 g/mol. The molecular weight excluding hydrogens is 282 g/mol. The lowest BCUT2D eigenvalue weighted by Crippen LogP contribution is -2.09. The summed E-state index contributed by atoms with van der Waals surface area (Å²) < 4.78 is 5.98. The van der Waals surface area contributed by atoms with E-state index in [4.69, 9.17) is 0 Å². The second-order valence-corrected chi connectivity index (χ2v) is 4.91. The Morgan fingerprint density at radius 3 is 2.73 bits per heavy atom. The van der Waals surface area contributed by atoms with Gasteiger partial charge in [0.05, 0.1) is 19.7 Å². The quantitative estimate of drug-likeness (QED) is 0.749. The van der Waals surface area contributed by atoms with Gasteiger partial charge in [-0.2, -0.15) is 9.61 Å². The van der Waals surface area contributed by atoms with E-state index in [9.17, 15) is 9.90 Å². The van der Waals surface area contributed by atoms with Crippen molar-refractivity contribution in [2.45, 2.75) is 13.3 Å². The first-order valence-corrected chi connectivity index (χ1v) is 6.80. The van der Waals surface area contributed by atoms with E-state index >= 15 is 0 Å². The van der Waals surface area contributed by atoms with Gasteiger partial charge in [-0.1, -0.05) is 30.3 Å². The topological polar surface area (TPSA) is 76.7 Å². The lowest BCUT2D eigenvalue weighted by Gasteiger charge is -2.09. The Bertz CT molecular complexity index is 841. The lowest BCUT2D eigenvalue weighted by atomic mass is 10.1. The molecule has 0 bridgehead atoms. The normalized spacial score (nSPS) is 10.8. The van der Waals surface area contributed by atoms with Crippen LogP contribution in [0.1, 0.15) is 11.3 Å². The minimum atomic E-state index is -0.435. The first-order valence-electron chi connectivity index (χ1n) is 6.80. The molecule has 0 aliphatic heterocycles. The third-order valence-electron chi connectivity index (χ3n) is 3.56. The predicted molar refractivity (Wildman–Crippen MR) is 80.5 cm³/mol. The van der Waals surface area contributed by atoms with Gasteiger partial charge in [-0.15, -0.1) is 0 Å². The highest BCUT2D eigenvalue weighted by Crippen LogP contribution is 2.28. The van der Waals surface area contributed by atoms with Gasteiger partial charge < -0.3 is 9.84 Å². The number of rotatable bonds is 3. The van der Waals surface area contributed by atoms with E-state index in [-0.39, 0.29) is 12.3 Å². The predicted octanol–water partition coefficient (Wildman–Crippen LogP) is 2.13. The van der Waals surface area contributed by atoms with Crippen LogP contribution in [0.5, 0.6) is 5.88 Å². The molecule has 1 aromatic carbocycles. The molecule has 0 saturated heterocycles. The third kappa shape index (κ3) is 2.28. The molecule has 3 rings (SSSR count). The average Bonchev–Trinajstić information content (AvgIpc) is 2.95. The van der Waals surface area contributed by atoms with Gasteiger partial charge in [0.25, 0.3) is 0 Å². The number of fused-ring (bicyclic) bond motifs is 1. The van der Waals surface area contributed by atoms with Gasteiger partial charge >= 0.3 is 5.97 Å². The first-order chi connectivity index (χ1) is 10.6. The van der Waals surface area contributed by atoms with Crippen LogP contribution in [0.2, 0.25) is 0 Å². The fourth-order valence-corrected chi connectivity index (χ4v) is 2.37. The van der Waals surface area contributed by atoms with Crippen molar-refractivity contribution in [3.05, 3.63) is 47.8 Å². The number of hydrogen-bond acceptors (Lipinski definition) is 5. The highest BCUT2D eigenvalue weighted by Gasteiger charge is 2.18. The summed E-state index contributed by atoms with van der Waals surface area (Å²) in [6.07, 6.45) is 1.61.